The van der Waals surface area contributed by atoms with E-state index in [1.807, 2.05) is 24.3 Å². The summed E-state index contributed by atoms with van der Waals surface area (Å²) in [7, 11) is 1.58. The van der Waals surface area contributed by atoms with Crippen molar-refractivity contribution in [3.8, 4) is 17.0 Å². The molecule has 0 atom stereocenters. The number of rotatable bonds is 7. The molecular weight excluding hydrogens is 441 g/mol. The maximum absolute atomic E-state index is 13.8. The summed E-state index contributed by atoms with van der Waals surface area (Å²) in [6, 6.07) is 14.9. The second-order valence-electron chi connectivity index (χ2n) is 6.29. The molecule has 0 saturated heterocycles. The molecule has 0 aliphatic rings. The number of methoxy groups -OCH3 is 1. The van der Waals surface area contributed by atoms with E-state index in [1.54, 1.807) is 19.2 Å². The van der Waals surface area contributed by atoms with Gasteiger partial charge in [0.05, 0.1) is 18.5 Å². The van der Waals surface area contributed by atoms with Crippen molar-refractivity contribution in [3.63, 3.8) is 0 Å². The van der Waals surface area contributed by atoms with Gasteiger partial charge in [-0.05, 0) is 42.8 Å². The highest BCUT2D eigenvalue weighted by Crippen LogP contribution is 2.21. The topological polar surface area (TPSA) is 73.2 Å². The van der Waals surface area contributed by atoms with Gasteiger partial charge in [-0.15, -0.1) is 0 Å². The van der Waals surface area contributed by atoms with E-state index in [0.717, 1.165) is 5.56 Å². The molecule has 0 spiro atoms. The summed E-state index contributed by atoms with van der Waals surface area (Å²) in [4.78, 5) is 24.2. The molecule has 0 saturated carbocycles. The van der Waals surface area contributed by atoms with Crippen molar-refractivity contribution in [1.29, 1.82) is 0 Å². The fraction of sp³-hybridized carbons (Fsp3) is 0.190. The zero-order chi connectivity index (χ0) is 20.8. The Morgan fingerprint density at radius 2 is 2.03 bits per heavy atom. The van der Waals surface area contributed by atoms with Gasteiger partial charge in [-0.1, -0.05) is 28.1 Å². The van der Waals surface area contributed by atoms with E-state index >= 15 is 0 Å². The first-order valence-corrected chi connectivity index (χ1v) is 9.73. The second kappa shape index (κ2) is 9.47. The SMILES string of the molecule is COc1cccc(-c2ccc(=O)n(CCCC(=O)Nc3ccc(Br)cc3F)n2)c1. The first-order valence-electron chi connectivity index (χ1n) is 8.94. The molecule has 3 aromatic rings. The van der Waals surface area contributed by atoms with Crippen LogP contribution in [0.3, 0.4) is 0 Å². The van der Waals surface area contributed by atoms with Gasteiger partial charge in [0.15, 0.2) is 0 Å². The average Bonchev–Trinajstić information content (AvgIpc) is 2.71. The van der Waals surface area contributed by atoms with Gasteiger partial charge in [-0.2, -0.15) is 5.10 Å². The summed E-state index contributed by atoms with van der Waals surface area (Å²) in [5.41, 5.74) is 1.32. The lowest BCUT2D eigenvalue weighted by Gasteiger charge is -2.09. The van der Waals surface area contributed by atoms with Crippen molar-refractivity contribution in [1.82, 2.24) is 9.78 Å². The number of halogens is 2. The van der Waals surface area contributed by atoms with Gasteiger partial charge in [-0.25, -0.2) is 9.07 Å². The molecule has 1 aromatic heterocycles. The van der Waals surface area contributed by atoms with Crippen LogP contribution in [0, 0.1) is 5.82 Å². The van der Waals surface area contributed by atoms with Crippen molar-refractivity contribution >= 4 is 27.5 Å². The molecule has 0 aliphatic heterocycles. The van der Waals surface area contributed by atoms with Gasteiger partial charge in [0.25, 0.3) is 5.56 Å². The second-order valence-corrected chi connectivity index (χ2v) is 7.20. The van der Waals surface area contributed by atoms with Crippen LogP contribution in [0.15, 0.2) is 63.9 Å². The quantitative estimate of drug-likeness (QED) is 0.573. The van der Waals surface area contributed by atoms with Crippen LogP contribution in [0.2, 0.25) is 0 Å². The number of aryl methyl sites for hydroxylation is 1. The Morgan fingerprint density at radius 1 is 1.21 bits per heavy atom. The lowest BCUT2D eigenvalue weighted by Crippen LogP contribution is -2.23. The third-order valence-corrected chi connectivity index (χ3v) is 4.70. The maximum Gasteiger partial charge on any atom is 0.266 e. The summed E-state index contributed by atoms with van der Waals surface area (Å²) < 4.78 is 20.9. The third-order valence-electron chi connectivity index (χ3n) is 4.21. The van der Waals surface area contributed by atoms with Gasteiger partial charge in [0.2, 0.25) is 5.91 Å². The molecule has 6 nitrogen and oxygen atoms in total. The Kier molecular flexibility index (Phi) is 6.77. The molecule has 0 fully saturated rings. The van der Waals surface area contributed by atoms with E-state index in [0.29, 0.717) is 22.3 Å². The van der Waals surface area contributed by atoms with Gasteiger partial charge < -0.3 is 10.1 Å². The zero-order valence-electron chi connectivity index (χ0n) is 15.7. The average molecular weight is 460 g/mol. The lowest BCUT2D eigenvalue weighted by molar-refractivity contribution is -0.116. The minimum Gasteiger partial charge on any atom is -0.497 e. The summed E-state index contributed by atoms with van der Waals surface area (Å²) in [5.74, 6) is -0.154. The smallest absolute Gasteiger partial charge is 0.266 e. The Balaban J connectivity index is 1.63. The van der Waals surface area contributed by atoms with Crippen LogP contribution in [0.1, 0.15) is 12.8 Å². The molecule has 29 heavy (non-hydrogen) atoms. The summed E-state index contributed by atoms with van der Waals surface area (Å²) in [6.45, 7) is 0.271. The highest BCUT2D eigenvalue weighted by atomic mass is 79.9. The molecule has 8 heteroatoms. The van der Waals surface area contributed by atoms with Crippen molar-refractivity contribution in [3.05, 3.63) is 75.2 Å². The minimum absolute atomic E-state index is 0.119. The fourth-order valence-electron chi connectivity index (χ4n) is 2.74. The molecule has 150 valence electrons. The number of aromatic nitrogens is 2. The lowest BCUT2D eigenvalue weighted by atomic mass is 10.1. The van der Waals surface area contributed by atoms with E-state index in [4.69, 9.17) is 4.74 Å². The number of hydrogen-bond acceptors (Lipinski definition) is 4. The number of benzene rings is 2. The summed E-state index contributed by atoms with van der Waals surface area (Å²) in [5, 5.41) is 6.91. The number of anilines is 1. The van der Waals surface area contributed by atoms with Crippen LogP contribution >= 0.6 is 15.9 Å². The van der Waals surface area contributed by atoms with Crippen LogP contribution in [0.4, 0.5) is 10.1 Å². The summed E-state index contributed by atoms with van der Waals surface area (Å²) in [6.07, 6.45) is 0.519. The van der Waals surface area contributed by atoms with E-state index in [9.17, 15) is 14.0 Å². The molecule has 1 N–H and O–H groups in total. The standard InChI is InChI=1S/C21H19BrFN3O3/c1-29-16-5-2-4-14(12-16)18-9-10-21(28)26(25-18)11-3-6-20(27)24-19-8-7-15(22)13-17(19)23/h2,4-5,7-10,12-13H,3,6,11H2,1H3,(H,24,27). The zero-order valence-corrected chi connectivity index (χ0v) is 17.3. The van der Waals surface area contributed by atoms with Gasteiger partial charge in [-0.3, -0.25) is 9.59 Å². The first-order chi connectivity index (χ1) is 14.0. The number of hydrogen-bond donors (Lipinski definition) is 1. The van der Waals surface area contributed by atoms with Crippen molar-refractivity contribution in [2.24, 2.45) is 0 Å². The van der Waals surface area contributed by atoms with Crippen molar-refractivity contribution in [2.75, 3.05) is 12.4 Å². The number of amides is 1. The third kappa shape index (κ3) is 5.51. The van der Waals surface area contributed by atoms with Crippen LogP contribution in [0.25, 0.3) is 11.3 Å². The summed E-state index contributed by atoms with van der Waals surface area (Å²) >= 11 is 3.17. The highest BCUT2D eigenvalue weighted by Gasteiger charge is 2.09. The molecule has 2 aromatic carbocycles. The molecule has 1 heterocycles. The Bertz CT molecular complexity index is 1080. The van der Waals surface area contributed by atoms with Crippen molar-refractivity contribution in [2.45, 2.75) is 19.4 Å². The molecule has 0 aliphatic carbocycles. The van der Waals surface area contributed by atoms with Gasteiger partial charge in [0, 0.05) is 29.1 Å². The van der Waals surface area contributed by atoms with Crippen molar-refractivity contribution < 1.29 is 13.9 Å². The number of nitrogens with zero attached hydrogens (tertiary/aromatic N) is 2. The molecule has 0 radical (unpaired) electrons. The minimum atomic E-state index is -0.517. The number of ether oxygens (including phenoxy) is 1. The largest absolute Gasteiger partial charge is 0.497 e. The van der Waals surface area contributed by atoms with E-state index in [-0.39, 0.29) is 30.1 Å². The van der Waals surface area contributed by atoms with Crippen LogP contribution in [-0.4, -0.2) is 22.8 Å². The molecule has 1 amide bonds. The molecule has 0 bridgehead atoms. The number of nitrogens with one attached hydrogen (secondary N) is 1. The van der Waals surface area contributed by atoms with Crippen LogP contribution in [0.5, 0.6) is 5.75 Å². The molecule has 0 unspecified atom stereocenters. The van der Waals surface area contributed by atoms with E-state index in [1.165, 1.54) is 22.9 Å². The monoisotopic (exact) mass is 459 g/mol. The Hall–Kier alpha value is -3.00. The first kappa shape index (κ1) is 20.7. The van der Waals surface area contributed by atoms with Gasteiger partial charge in [0.1, 0.15) is 11.6 Å². The molecular formula is C21H19BrFN3O3. The molecule has 3 rings (SSSR count). The van der Waals surface area contributed by atoms with Crippen LogP contribution in [-0.2, 0) is 11.3 Å². The van der Waals surface area contributed by atoms with E-state index < -0.39 is 5.82 Å². The number of carbonyl (C=O) groups is 1. The Morgan fingerprint density at radius 3 is 2.79 bits per heavy atom. The van der Waals surface area contributed by atoms with Crippen LogP contribution < -0.4 is 15.6 Å². The van der Waals surface area contributed by atoms with E-state index in [2.05, 4.69) is 26.3 Å². The normalized spacial score (nSPS) is 10.6. The maximum atomic E-state index is 13.8. The number of carbonyl (C=O) groups excluding carboxylic acids is 1. The predicted octanol–water partition coefficient (Wildman–Crippen LogP) is 4.24. The Labute approximate surface area is 175 Å². The highest BCUT2D eigenvalue weighted by molar-refractivity contribution is 9.10. The van der Waals surface area contributed by atoms with Gasteiger partial charge >= 0.3 is 0 Å². The predicted molar refractivity (Wildman–Crippen MR) is 112 cm³/mol. The fourth-order valence-corrected chi connectivity index (χ4v) is 3.07.